The number of likely N-dealkylation sites (tertiary alicyclic amines) is 1. The van der Waals surface area contributed by atoms with Crippen LogP contribution in [0.4, 0.5) is 10.6 Å². The third kappa shape index (κ3) is 5.35. The molecular weight excluding hydrogens is 320 g/mol. The predicted octanol–water partition coefficient (Wildman–Crippen LogP) is 2.57. The molecule has 0 radical (unpaired) electrons. The van der Waals surface area contributed by atoms with Crippen LogP contribution in [0.1, 0.15) is 26.7 Å². The summed E-state index contributed by atoms with van der Waals surface area (Å²) in [4.78, 5) is 25.7. The van der Waals surface area contributed by atoms with Gasteiger partial charge in [-0.05, 0) is 30.9 Å². The molecule has 1 N–H and O–H groups in total. The van der Waals surface area contributed by atoms with Gasteiger partial charge in [0.25, 0.3) is 0 Å². The smallest absolute Gasteiger partial charge is 0.409 e. The summed E-state index contributed by atoms with van der Waals surface area (Å²) in [6.45, 7) is 5.42. The van der Waals surface area contributed by atoms with Crippen molar-refractivity contribution >= 4 is 29.4 Å². The summed E-state index contributed by atoms with van der Waals surface area (Å²) in [7, 11) is 0. The highest BCUT2D eigenvalue weighted by molar-refractivity contribution is 6.29. The van der Waals surface area contributed by atoms with Crippen molar-refractivity contribution < 1.29 is 14.3 Å². The van der Waals surface area contributed by atoms with Crippen LogP contribution in [0.15, 0.2) is 12.1 Å². The SMILES string of the molecule is CC(C)COC(=O)N1CCC(C(=O)Nc2ccc(Cl)nn2)CC1. The lowest BCUT2D eigenvalue weighted by Crippen LogP contribution is -2.42. The standard InChI is InChI=1S/C15H21ClN4O3/c1-10(2)9-23-15(22)20-7-5-11(6-8-20)14(21)17-13-4-3-12(16)18-19-13/h3-4,10-11H,5-9H2,1-2H3,(H,17,19,21). The van der Waals surface area contributed by atoms with Crippen molar-refractivity contribution in [2.45, 2.75) is 26.7 Å². The van der Waals surface area contributed by atoms with E-state index in [1.54, 1.807) is 17.0 Å². The molecule has 126 valence electrons. The molecule has 0 aliphatic carbocycles. The quantitative estimate of drug-likeness (QED) is 0.910. The average Bonchev–Trinajstić information content (AvgIpc) is 2.55. The van der Waals surface area contributed by atoms with Gasteiger partial charge >= 0.3 is 6.09 Å². The monoisotopic (exact) mass is 340 g/mol. The van der Waals surface area contributed by atoms with Crippen molar-refractivity contribution in [3.05, 3.63) is 17.3 Å². The van der Waals surface area contributed by atoms with Crippen LogP contribution in [-0.4, -0.2) is 46.8 Å². The number of nitrogens with zero attached hydrogens (tertiary/aromatic N) is 3. The second kappa shape index (κ2) is 8.10. The van der Waals surface area contributed by atoms with Crippen LogP contribution < -0.4 is 5.32 Å². The van der Waals surface area contributed by atoms with E-state index in [-0.39, 0.29) is 23.1 Å². The first-order chi connectivity index (χ1) is 11.0. The Bertz CT molecular complexity index is 542. The fourth-order valence-corrected chi connectivity index (χ4v) is 2.37. The maximum atomic E-state index is 12.2. The Morgan fingerprint density at radius 1 is 1.35 bits per heavy atom. The average molecular weight is 341 g/mol. The zero-order valence-electron chi connectivity index (χ0n) is 13.3. The Labute approximate surface area is 140 Å². The molecule has 0 saturated carbocycles. The maximum absolute atomic E-state index is 12.2. The third-order valence-electron chi connectivity index (χ3n) is 3.55. The molecule has 2 heterocycles. The Balaban J connectivity index is 1.78. The first kappa shape index (κ1) is 17.5. The molecule has 0 unspecified atom stereocenters. The number of nitrogens with one attached hydrogen (secondary N) is 1. The molecule has 23 heavy (non-hydrogen) atoms. The molecule has 1 aromatic heterocycles. The molecule has 2 rings (SSSR count). The van der Waals surface area contributed by atoms with Gasteiger partial charge in [-0.2, -0.15) is 0 Å². The first-order valence-electron chi connectivity index (χ1n) is 7.67. The Hall–Kier alpha value is -1.89. The lowest BCUT2D eigenvalue weighted by Gasteiger charge is -2.30. The van der Waals surface area contributed by atoms with Crippen molar-refractivity contribution in [2.24, 2.45) is 11.8 Å². The number of hydrogen-bond acceptors (Lipinski definition) is 5. The van der Waals surface area contributed by atoms with Crippen molar-refractivity contribution in [3.8, 4) is 0 Å². The fraction of sp³-hybridized carbons (Fsp3) is 0.600. The van der Waals surface area contributed by atoms with Crippen molar-refractivity contribution in [1.82, 2.24) is 15.1 Å². The summed E-state index contributed by atoms with van der Waals surface area (Å²) in [6, 6.07) is 3.17. The number of rotatable bonds is 4. The summed E-state index contributed by atoms with van der Waals surface area (Å²) in [5.41, 5.74) is 0. The first-order valence-corrected chi connectivity index (χ1v) is 8.05. The van der Waals surface area contributed by atoms with Crippen LogP contribution >= 0.6 is 11.6 Å². The van der Waals surface area contributed by atoms with Gasteiger partial charge in [0.05, 0.1) is 6.61 Å². The largest absolute Gasteiger partial charge is 0.449 e. The van der Waals surface area contributed by atoms with E-state index in [1.165, 1.54) is 0 Å². The van der Waals surface area contributed by atoms with E-state index < -0.39 is 0 Å². The van der Waals surface area contributed by atoms with Gasteiger partial charge in [0.15, 0.2) is 11.0 Å². The van der Waals surface area contributed by atoms with E-state index in [0.717, 1.165) is 0 Å². The molecule has 0 aromatic carbocycles. The number of carbonyl (C=O) groups excluding carboxylic acids is 2. The number of carbonyl (C=O) groups is 2. The topological polar surface area (TPSA) is 84.4 Å². The number of piperidine rings is 1. The van der Waals surface area contributed by atoms with E-state index in [9.17, 15) is 9.59 Å². The van der Waals surface area contributed by atoms with Crippen molar-refractivity contribution in [1.29, 1.82) is 0 Å². The minimum atomic E-state index is -0.305. The van der Waals surface area contributed by atoms with Crippen molar-refractivity contribution in [2.75, 3.05) is 25.0 Å². The number of amides is 2. The van der Waals surface area contributed by atoms with Crippen LogP contribution in [0.5, 0.6) is 0 Å². The highest BCUT2D eigenvalue weighted by atomic mass is 35.5. The third-order valence-corrected chi connectivity index (χ3v) is 3.75. The van der Waals surface area contributed by atoms with Gasteiger partial charge in [0.1, 0.15) is 0 Å². The fourth-order valence-electron chi connectivity index (χ4n) is 2.26. The minimum absolute atomic E-state index is 0.114. The van der Waals surface area contributed by atoms with Crippen molar-refractivity contribution in [3.63, 3.8) is 0 Å². The van der Waals surface area contributed by atoms with E-state index in [1.807, 2.05) is 13.8 Å². The van der Waals surface area contributed by atoms with Gasteiger partial charge in [0, 0.05) is 19.0 Å². The molecule has 0 spiro atoms. The molecule has 1 aliphatic heterocycles. The van der Waals surface area contributed by atoms with Gasteiger partial charge in [-0.15, -0.1) is 10.2 Å². The Morgan fingerprint density at radius 3 is 2.61 bits per heavy atom. The lowest BCUT2D eigenvalue weighted by atomic mass is 9.96. The highest BCUT2D eigenvalue weighted by Gasteiger charge is 2.28. The van der Waals surface area contributed by atoms with E-state index in [4.69, 9.17) is 16.3 Å². The second-order valence-electron chi connectivity index (χ2n) is 5.96. The Kier molecular flexibility index (Phi) is 6.15. The molecule has 1 saturated heterocycles. The number of ether oxygens (including phenoxy) is 1. The van der Waals surface area contributed by atoms with Gasteiger partial charge in [0.2, 0.25) is 5.91 Å². The zero-order chi connectivity index (χ0) is 16.8. The van der Waals surface area contributed by atoms with Crippen LogP contribution in [0.3, 0.4) is 0 Å². The van der Waals surface area contributed by atoms with Gasteiger partial charge < -0.3 is 15.0 Å². The normalized spacial score (nSPS) is 15.6. The Morgan fingerprint density at radius 2 is 2.04 bits per heavy atom. The molecule has 0 atom stereocenters. The molecule has 2 amide bonds. The molecule has 1 aromatic rings. The van der Waals surface area contributed by atoms with Crippen LogP contribution in [0.25, 0.3) is 0 Å². The van der Waals surface area contributed by atoms with Crippen LogP contribution in [-0.2, 0) is 9.53 Å². The summed E-state index contributed by atoms with van der Waals surface area (Å²) < 4.78 is 5.20. The second-order valence-corrected chi connectivity index (χ2v) is 6.35. The molecule has 8 heteroatoms. The van der Waals surface area contributed by atoms with Gasteiger partial charge in [-0.25, -0.2) is 4.79 Å². The summed E-state index contributed by atoms with van der Waals surface area (Å²) >= 11 is 5.65. The predicted molar refractivity (Wildman–Crippen MR) is 86.2 cm³/mol. The summed E-state index contributed by atoms with van der Waals surface area (Å²) in [5.74, 6) is 0.416. The number of halogens is 1. The highest BCUT2D eigenvalue weighted by Crippen LogP contribution is 2.20. The minimum Gasteiger partial charge on any atom is -0.449 e. The summed E-state index contributed by atoms with van der Waals surface area (Å²) in [5, 5.41) is 10.5. The van der Waals surface area contributed by atoms with Gasteiger partial charge in [-0.3, -0.25) is 4.79 Å². The molecular formula is C15H21ClN4O3. The molecule has 7 nitrogen and oxygen atoms in total. The molecule has 0 bridgehead atoms. The zero-order valence-corrected chi connectivity index (χ0v) is 14.0. The van der Waals surface area contributed by atoms with E-state index in [0.29, 0.717) is 44.3 Å². The molecule has 1 aliphatic rings. The lowest BCUT2D eigenvalue weighted by molar-refractivity contribution is -0.121. The van der Waals surface area contributed by atoms with Crippen LogP contribution in [0.2, 0.25) is 5.15 Å². The van der Waals surface area contributed by atoms with Gasteiger partial charge in [-0.1, -0.05) is 25.4 Å². The van der Waals surface area contributed by atoms with E-state index >= 15 is 0 Å². The number of aromatic nitrogens is 2. The number of hydrogen-bond donors (Lipinski definition) is 1. The maximum Gasteiger partial charge on any atom is 0.409 e. The number of anilines is 1. The van der Waals surface area contributed by atoms with E-state index in [2.05, 4.69) is 15.5 Å². The van der Waals surface area contributed by atoms with Crippen LogP contribution in [0, 0.1) is 11.8 Å². The molecule has 1 fully saturated rings. The summed E-state index contributed by atoms with van der Waals surface area (Å²) in [6.07, 6.45) is 0.897.